The number of thioether (sulfide) groups is 1. The molecule has 3 heterocycles. The van der Waals surface area contributed by atoms with E-state index in [4.69, 9.17) is 0 Å². The van der Waals surface area contributed by atoms with Crippen LogP contribution >= 0.6 is 23.1 Å². The molecule has 0 spiro atoms. The van der Waals surface area contributed by atoms with E-state index in [2.05, 4.69) is 32.3 Å². The summed E-state index contributed by atoms with van der Waals surface area (Å²) in [6.07, 6.45) is 8.00. The fourth-order valence-corrected chi connectivity index (χ4v) is 5.73. The highest BCUT2D eigenvalue weighted by Crippen LogP contribution is 2.36. The molecule has 1 atom stereocenters. The average molecular weight is 377 g/mol. The first-order valence-corrected chi connectivity index (χ1v) is 10.9. The van der Waals surface area contributed by atoms with Crippen LogP contribution < -0.4 is 0 Å². The Hall–Kier alpha value is -1.34. The van der Waals surface area contributed by atoms with Crippen molar-refractivity contribution in [3.05, 3.63) is 28.2 Å². The number of rotatable bonds is 5. The third-order valence-corrected chi connectivity index (χ3v) is 7.30. The minimum atomic E-state index is -0.00821. The largest absolute Gasteiger partial charge is 0.345 e. The van der Waals surface area contributed by atoms with Gasteiger partial charge < -0.3 is 9.47 Å². The molecule has 0 N–H and O–H groups in total. The molecule has 2 aliphatic rings. The third-order valence-electron chi connectivity index (χ3n) is 5.21. The maximum atomic E-state index is 12.3. The topological polar surface area (TPSA) is 51.0 Å². The summed E-state index contributed by atoms with van der Waals surface area (Å²) in [6, 6.07) is 4.73. The van der Waals surface area contributed by atoms with Crippen LogP contribution in [0.1, 0.15) is 55.3 Å². The van der Waals surface area contributed by atoms with E-state index in [0.717, 1.165) is 30.4 Å². The smallest absolute Gasteiger partial charge is 0.235 e. The molecule has 134 valence electrons. The van der Waals surface area contributed by atoms with Gasteiger partial charge in [-0.3, -0.25) is 4.79 Å². The van der Waals surface area contributed by atoms with Crippen LogP contribution in [0.25, 0.3) is 0 Å². The number of amides is 1. The highest BCUT2D eigenvalue weighted by atomic mass is 32.2. The van der Waals surface area contributed by atoms with Crippen LogP contribution in [-0.4, -0.2) is 44.4 Å². The molecule has 4 rings (SSSR count). The predicted molar refractivity (Wildman–Crippen MR) is 101 cm³/mol. The van der Waals surface area contributed by atoms with Crippen molar-refractivity contribution in [3.63, 3.8) is 0 Å². The Balaban J connectivity index is 1.61. The third kappa shape index (κ3) is 3.62. The minimum absolute atomic E-state index is 0.00821. The summed E-state index contributed by atoms with van der Waals surface area (Å²) in [5, 5.41) is 12.1. The minimum Gasteiger partial charge on any atom is -0.345 e. The first kappa shape index (κ1) is 17.1. The van der Waals surface area contributed by atoms with Gasteiger partial charge in [0.1, 0.15) is 5.82 Å². The second-order valence-electron chi connectivity index (χ2n) is 6.97. The molecule has 1 amide bonds. The summed E-state index contributed by atoms with van der Waals surface area (Å²) < 4.78 is 2.36. The lowest BCUT2D eigenvalue weighted by Crippen LogP contribution is -2.24. The monoisotopic (exact) mass is 376 g/mol. The molecule has 1 saturated heterocycles. The number of hydrogen-bond donors (Lipinski definition) is 0. The maximum absolute atomic E-state index is 12.3. The zero-order valence-electron chi connectivity index (χ0n) is 14.6. The summed E-state index contributed by atoms with van der Waals surface area (Å²) in [7, 11) is 1.89. The van der Waals surface area contributed by atoms with Gasteiger partial charge in [-0.25, -0.2) is 0 Å². The van der Waals surface area contributed by atoms with Crippen molar-refractivity contribution in [2.24, 2.45) is 0 Å². The van der Waals surface area contributed by atoms with Gasteiger partial charge in [0.2, 0.25) is 5.91 Å². The Morgan fingerprint density at radius 1 is 1.24 bits per heavy atom. The van der Waals surface area contributed by atoms with E-state index in [0.29, 0.717) is 6.04 Å². The summed E-state index contributed by atoms with van der Waals surface area (Å²) in [4.78, 5) is 15.5. The van der Waals surface area contributed by atoms with E-state index in [1.165, 1.54) is 37.0 Å². The fraction of sp³-hybridized carbons (Fsp3) is 0.611. The molecule has 2 fully saturated rings. The normalized spacial score (nSPS) is 22.0. The Kier molecular flexibility index (Phi) is 5.12. The second-order valence-corrected chi connectivity index (χ2v) is 9.17. The van der Waals surface area contributed by atoms with Crippen LogP contribution in [0.5, 0.6) is 0 Å². The van der Waals surface area contributed by atoms with Gasteiger partial charge in [-0.15, -0.1) is 21.5 Å². The Morgan fingerprint density at radius 2 is 2.08 bits per heavy atom. The molecule has 0 radical (unpaired) electrons. The highest BCUT2D eigenvalue weighted by molar-refractivity contribution is 8.00. The Morgan fingerprint density at radius 3 is 2.76 bits per heavy atom. The SMILES string of the molecule is CN1CCC(Sc2nnc(Cc3cccs3)n2C2CCCCC2)C1=O. The molecule has 2 aromatic heterocycles. The second kappa shape index (κ2) is 7.50. The summed E-state index contributed by atoms with van der Waals surface area (Å²) in [6.45, 7) is 0.843. The van der Waals surface area contributed by atoms with E-state index >= 15 is 0 Å². The highest BCUT2D eigenvalue weighted by Gasteiger charge is 2.33. The number of carbonyl (C=O) groups is 1. The van der Waals surface area contributed by atoms with Gasteiger partial charge >= 0.3 is 0 Å². The molecular formula is C18H24N4OS2. The number of aromatic nitrogens is 3. The number of carbonyl (C=O) groups excluding carboxylic acids is 1. The van der Waals surface area contributed by atoms with Crippen molar-refractivity contribution in [1.29, 1.82) is 0 Å². The molecule has 5 nitrogen and oxygen atoms in total. The van der Waals surface area contributed by atoms with E-state index in [1.807, 2.05) is 11.9 Å². The first-order valence-electron chi connectivity index (χ1n) is 9.10. The Bertz CT molecular complexity index is 722. The first-order chi connectivity index (χ1) is 12.2. The Labute approximate surface area is 156 Å². The summed E-state index contributed by atoms with van der Waals surface area (Å²) in [5.41, 5.74) is 0. The number of likely N-dealkylation sites (tertiary alicyclic amines) is 1. The molecule has 1 saturated carbocycles. The van der Waals surface area contributed by atoms with Crippen LogP contribution in [0.2, 0.25) is 0 Å². The van der Waals surface area contributed by atoms with Gasteiger partial charge in [0, 0.05) is 30.9 Å². The number of hydrogen-bond acceptors (Lipinski definition) is 5. The molecule has 1 aliphatic heterocycles. The molecule has 0 aromatic carbocycles. The molecule has 1 unspecified atom stereocenters. The molecule has 7 heteroatoms. The number of thiophene rings is 1. The van der Waals surface area contributed by atoms with Crippen molar-refractivity contribution < 1.29 is 4.79 Å². The van der Waals surface area contributed by atoms with Gasteiger partial charge in [0.25, 0.3) is 0 Å². The van der Waals surface area contributed by atoms with E-state index in [1.54, 1.807) is 23.1 Å². The molecule has 2 aromatic rings. The van der Waals surface area contributed by atoms with Crippen molar-refractivity contribution in [1.82, 2.24) is 19.7 Å². The lowest BCUT2D eigenvalue weighted by Gasteiger charge is -2.26. The van der Waals surface area contributed by atoms with Gasteiger partial charge in [-0.1, -0.05) is 37.1 Å². The average Bonchev–Trinajstić information content (AvgIpc) is 3.35. The lowest BCUT2D eigenvalue weighted by molar-refractivity contribution is -0.126. The zero-order chi connectivity index (χ0) is 17.2. The quantitative estimate of drug-likeness (QED) is 0.797. The van der Waals surface area contributed by atoms with Gasteiger partial charge in [0.05, 0.1) is 5.25 Å². The molecular weight excluding hydrogens is 352 g/mol. The molecule has 1 aliphatic carbocycles. The van der Waals surface area contributed by atoms with Crippen LogP contribution in [0, 0.1) is 0 Å². The maximum Gasteiger partial charge on any atom is 0.235 e. The van der Waals surface area contributed by atoms with Gasteiger partial charge in [0.15, 0.2) is 5.16 Å². The van der Waals surface area contributed by atoms with Crippen LogP contribution in [0.15, 0.2) is 22.7 Å². The summed E-state index contributed by atoms with van der Waals surface area (Å²) >= 11 is 3.39. The van der Waals surface area contributed by atoms with Crippen LogP contribution in [0.3, 0.4) is 0 Å². The van der Waals surface area contributed by atoms with E-state index in [-0.39, 0.29) is 11.2 Å². The lowest BCUT2D eigenvalue weighted by atomic mass is 9.95. The molecule has 25 heavy (non-hydrogen) atoms. The van der Waals surface area contributed by atoms with Crippen molar-refractivity contribution in [2.45, 2.75) is 61.4 Å². The zero-order valence-corrected chi connectivity index (χ0v) is 16.2. The fourth-order valence-electron chi connectivity index (χ4n) is 3.81. The van der Waals surface area contributed by atoms with Crippen molar-refractivity contribution >= 4 is 29.0 Å². The van der Waals surface area contributed by atoms with Gasteiger partial charge in [-0.2, -0.15) is 0 Å². The predicted octanol–water partition coefficient (Wildman–Crippen LogP) is 3.76. The van der Waals surface area contributed by atoms with Crippen LogP contribution in [-0.2, 0) is 11.2 Å². The molecule has 0 bridgehead atoms. The summed E-state index contributed by atoms with van der Waals surface area (Å²) in [5.74, 6) is 1.28. The van der Waals surface area contributed by atoms with Crippen molar-refractivity contribution in [2.75, 3.05) is 13.6 Å². The number of nitrogens with zero attached hydrogens (tertiary/aromatic N) is 4. The van der Waals surface area contributed by atoms with Crippen LogP contribution in [0.4, 0.5) is 0 Å². The van der Waals surface area contributed by atoms with Gasteiger partial charge in [-0.05, 0) is 30.7 Å². The van der Waals surface area contributed by atoms with E-state index in [9.17, 15) is 4.79 Å². The standard InChI is InChI=1S/C18H24N4OS2/c1-21-10-9-15(17(21)23)25-18-20-19-16(12-14-8-5-11-24-14)22(18)13-6-3-2-4-7-13/h5,8,11,13,15H,2-4,6-7,9-10,12H2,1H3. The van der Waals surface area contributed by atoms with E-state index < -0.39 is 0 Å². The van der Waals surface area contributed by atoms with Crippen molar-refractivity contribution in [3.8, 4) is 0 Å².